The molecule has 0 saturated heterocycles. The molecule has 5 heteroatoms. The summed E-state index contributed by atoms with van der Waals surface area (Å²) in [5, 5.41) is 2.94. The van der Waals surface area contributed by atoms with Crippen molar-refractivity contribution in [3.05, 3.63) is 64.7 Å². The summed E-state index contributed by atoms with van der Waals surface area (Å²) < 4.78 is 5.90. The van der Waals surface area contributed by atoms with Crippen LogP contribution < -0.4 is 10.1 Å². The van der Waals surface area contributed by atoms with Crippen LogP contribution in [0.1, 0.15) is 48.9 Å². The third kappa shape index (κ3) is 7.42. The van der Waals surface area contributed by atoms with Gasteiger partial charge >= 0.3 is 0 Å². The highest BCUT2D eigenvalue weighted by Crippen LogP contribution is 2.23. The van der Waals surface area contributed by atoms with E-state index in [4.69, 9.17) is 4.74 Å². The zero-order valence-electron chi connectivity index (χ0n) is 19.5. The van der Waals surface area contributed by atoms with Crippen LogP contribution in [-0.4, -0.2) is 42.5 Å². The van der Waals surface area contributed by atoms with Crippen LogP contribution in [0.3, 0.4) is 0 Å². The molecule has 0 spiro atoms. The van der Waals surface area contributed by atoms with Crippen molar-refractivity contribution >= 4 is 11.8 Å². The minimum Gasteiger partial charge on any atom is -0.483 e. The smallest absolute Gasteiger partial charge is 0.261 e. The van der Waals surface area contributed by atoms with Gasteiger partial charge < -0.3 is 15.0 Å². The van der Waals surface area contributed by atoms with Gasteiger partial charge in [-0.15, -0.1) is 0 Å². The van der Waals surface area contributed by atoms with E-state index in [1.54, 1.807) is 11.8 Å². The Morgan fingerprint density at radius 1 is 1.10 bits per heavy atom. The van der Waals surface area contributed by atoms with Gasteiger partial charge in [0.2, 0.25) is 5.91 Å². The molecule has 31 heavy (non-hydrogen) atoms. The second-order valence-electron chi connectivity index (χ2n) is 8.14. The largest absolute Gasteiger partial charge is 0.483 e. The fraction of sp³-hybridized carbons (Fsp3) is 0.462. The number of carbonyl (C=O) groups is 2. The summed E-state index contributed by atoms with van der Waals surface area (Å²) in [4.78, 5) is 27.4. The number of hydrogen-bond donors (Lipinski definition) is 1. The molecule has 1 atom stereocenters. The molecule has 2 amide bonds. The second kappa shape index (κ2) is 12.1. The number of aryl methyl sites for hydroxylation is 2. The standard InChI is InChI=1S/C26H36N2O3/c1-6-7-14-27-26(30)22(5)28(15-13-23-11-9-8-10-12-23)25(29)18-31-24-17-19(2)16-20(3)21(24)4/h8-12,16-17,22H,6-7,13-15,18H2,1-5H3,(H,27,30)/t22-/m1/s1. The highest BCUT2D eigenvalue weighted by molar-refractivity contribution is 5.88. The molecule has 0 radical (unpaired) electrons. The summed E-state index contributed by atoms with van der Waals surface area (Å²) in [5.41, 5.74) is 4.38. The van der Waals surface area contributed by atoms with Crippen LogP contribution in [0.5, 0.6) is 5.75 Å². The van der Waals surface area contributed by atoms with Gasteiger partial charge in [0.1, 0.15) is 11.8 Å². The van der Waals surface area contributed by atoms with Crippen LogP contribution in [0.15, 0.2) is 42.5 Å². The third-order valence-electron chi connectivity index (χ3n) is 5.60. The Labute approximate surface area is 186 Å². The highest BCUT2D eigenvalue weighted by atomic mass is 16.5. The summed E-state index contributed by atoms with van der Waals surface area (Å²) in [6.07, 6.45) is 2.61. The molecule has 2 rings (SSSR count). The van der Waals surface area contributed by atoms with Crippen molar-refractivity contribution in [3.8, 4) is 5.75 Å². The normalized spacial score (nSPS) is 11.6. The molecule has 0 heterocycles. The molecule has 5 nitrogen and oxygen atoms in total. The Kier molecular flexibility index (Phi) is 9.57. The van der Waals surface area contributed by atoms with Crippen molar-refractivity contribution in [2.24, 2.45) is 0 Å². The molecule has 168 valence electrons. The van der Waals surface area contributed by atoms with Gasteiger partial charge in [0.15, 0.2) is 6.61 Å². The lowest BCUT2D eigenvalue weighted by Crippen LogP contribution is -2.50. The van der Waals surface area contributed by atoms with Gasteiger partial charge in [-0.2, -0.15) is 0 Å². The van der Waals surface area contributed by atoms with Crippen molar-refractivity contribution in [3.63, 3.8) is 0 Å². The maximum Gasteiger partial charge on any atom is 0.261 e. The maximum absolute atomic E-state index is 13.1. The number of nitrogens with zero attached hydrogens (tertiary/aromatic N) is 1. The van der Waals surface area contributed by atoms with Gasteiger partial charge in [-0.25, -0.2) is 0 Å². The molecule has 0 aliphatic heterocycles. The van der Waals surface area contributed by atoms with Crippen molar-refractivity contribution < 1.29 is 14.3 Å². The molecular weight excluding hydrogens is 388 g/mol. The van der Waals surface area contributed by atoms with E-state index < -0.39 is 6.04 Å². The van der Waals surface area contributed by atoms with Crippen molar-refractivity contribution in [1.82, 2.24) is 10.2 Å². The Morgan fingerprint density at radius 2 is 1.81 bits per heavy atom. The predicted octanol–water partition coefficient (Wildman–Crippen LogP) is 4.37. The van der Waals surface area contributed by atoms with E-state index in [-0.39, 0.29) is 18.4 Å². The zero-order chi connectivity index (χ0) is 22.8. The number of benzene rings is 2. The van der Waals surface area contributed by atoms with E-state index in [1.165, 1.54) is 0 Å². The summed E-state index contributed by atoms with van der Waals surface area (Å²) in [6.45, 7) is 10.9. The highest BCUT2D eigenvalue weighted by Gasteiger charge is 2.26. The first-order valence-electron chi connectivity index (χ1n) is 11.1. The number of hydrogen-bond acceptors (Lipinski definition) is 3. The topological polar surface area (TPSA) is 58.6 Å². The van der Waals surface area contributed by atoms with Gasteiger partial charge in [-0.3, -0.25) is 9.59 Å². The van der Waals surface area contributed by atoms with E-state index in [9.17, 15) is 9.59 Å². The number of rotatable bonds is 11. The number of ether oxygens (including phenoxy) is 1. The number of nitrogens with one attached hydrogen (secondary N) is 1. The van der Waals surface area contributed by atoms with E-state index in [1.807, 2.05) is 57.2 Å². The first-order chi connectivity index (χ1) is 14.8. The average molecular weight is 425 g/mol. The summed E-state index contributed by atoms with van der Waals surface area (Å²) >= 11 is 0. The molecule has 2 aromatic rings. The van der Waals surface area contributed by atoms with Crippen molar-refractivity contribution in [2.45, 2.75) is 59.9 Å². The molecule has 0 aliphatic rings. The SMILES string of the molecule is CCCCNC(=O)[C@@H](C)N(CCc1ccccc1)C(=O)COc1cc(C)cc(C)c1C. The lowest BCUT2D eigenvalue weighted by atomic mass is 10.1. The Balaban J connectivity index is 2.10. The summed E-state index contributed by atoms with van der Waals surface area (Å²) in [7, 11) is 0. The first-order valence-corrected chi connectivity index (χ1v) is 11.1. The van der Waals surface area contributed by atoms with E-state index in [0.29, 0.717) is 25.3 Å². The van der Waals surface area contributed by atoms with E-state index in [2.05, 4.69) is 18.3 Å². The quantitative estimate of drug-likeness (QED) is 0.545. The first kappa shape index (κ1) is 24.4. The Hall–Kier alpha value is -2.82. The molecule has 2 aromatic carbocycles. The van der Waals surface area contributed by atoms with Crippen LogP contribution in [-0.2, 0) is 16.0 Å². The van der Waals surface area contributed by atoms with Crippen LogP contribution in [0.25, 0.3) is 0 Å². The van der Waals surface area contributed by atoms with Crippen molar-refractivity contribution in [2.75, 3.05) is 19.7 Å². The van der Waals surface area contributed by atoms with Gasteiger partial charge in [0.05, 0.1) is 0 Å². The van der Waals surface area contributed by atoms with Gasteiger partial charge in [0.25, 0.3) is 5.91 Å². The Bertz CT molecular complexity index is 864. The van der Waals surface area contributed by atoms with E-state index in [0.717, 1.165) is 35.1 Å². The van der Waals surface area contributed by atoms with Gasteiger partial charge in [-0.05, 0) is 68.9 Å². The van der Waals surface area contributed by atoms with Crippen molar-refractivity contribution in [1.29, 1.82) is 0 Å². The molecule has 0 aliphatic carbocycles. The van der Waals surface area contributed by atoms with Gasteiger partial charge in [-0.1, -0.05) is 49.7 Å². The fourth-order valence-corrected chi connectivity index (χ4v) is 3.48. The lowest BCUT2D eigenvalue weighted by molar-refractivity contribution is -0.141. The second-order valence-corrected chi connectivity index (χ2v) is 8.14. The minimum absolute atomic E-state index is 0.0922. The lowest BCUT2D eigenvalue weighted by Gasteiger charge is -2.29. The van der Waals surface area contributed by atoms with Crippen LogP contribution in [0.2, 0.25) is 0 Å². The number of amides is 2. The number of unbranched alkanes of at least 4 members (excludes halogenated alkanes) is 1. The Morgan fingerprint density at radius 3 is 2.48 bits per heavy atom. The van der Waals surface area contributed by atoms with E-state index >= 15 is 0 Å². The molecule has 1 N–H and O–H groups in total. The average Bonchev–Trinajstić information content (AvgIpc) is 2.76. The van der Waals surface area contributed by atoms with Crippen LogP contribution >= 0.6 is 0 Å². The fourth-order valence-electron chi connectivity index (χ4n) is 3.48. The third-order valence-corrected chi connectivity index (χ3v) is 5.60. The molecule has 0 saturated carbocycles. The molecule has 0 aromatic heterocycles. The van der Waals surface area contributed by atoms with Crippen LogP contribution in [0.4, 0.5) is 0 Å². The molecule has 0 fully saturated rings. The summed E-state index contributed by atoms with van der Waals surface area (Å²) in [5.74, 6) is 0.402. The molecule has 0 bridgehead atoms. The minimum atomic E-state index is -0.558. The van der Waals surface area contributed by atoms with Gasteiger partial charge in [0, 0.05) is 13.1 Å². The maximum atomic E-state index is 13.1. The predicted molar refractivity (Wildman–Crippen MR) is 125 cm³/mol. The molecule has 0 unspecified atom stereocenters. The molecular formula is C26H36N2O3. The zero-order valence-corrected chi connectivity index (χ0v) is 19.5. The van der Waals surface area contributed by atoms with Crippen LogP contribution in [0, 0.1) is 20.8 Å². The monoisotopic (exact) mass is 424 g/mol. The number of carbonyl (C=O) groups excluding carboxylic acids is 2. The summed E-state index contributed by atoms with van der Waals surface area (Å²) in [6, 6.07) is 13.5.